The minimum absolute atomic E-state index is 0.0590. The van der Waals surface area contributed by atoms with E-state index in [4.69, 9.17) is 4.74 Å². The number of benzene rings is 2. The number of nitrogens with one attached hydrogen (secondary N) is 3. The van der Waals surface area contributed by atoms with Gasteiger partial charge in [0.2, 0.25) is 11.8 Å². The third-order valence-corrected chi connectivity index (χ3v) is 11.3. The molecule has 2 aromatic carbocycles. The summed E-state index contributed by atoms with van der Waals surface area (Å²) >= 11 is 0. The minimum atomic E-state index is -1.13. The Bertz CT molecular complexity index is 2030. The molecule has 60 heavy (non-hydrogen) atoms. The van der Waals surface area contributed by atoms with Crippen LogP contribution in [0.3, 0.4) is 0 Å². The first-order valence-electron chi connectivity index (χ1n) is 20.8. The van der Waals surface area contributed by atoms with E-state index in [9.17, 15) is 24.3 Å². The van der Waals surface area contributed by atoms with Crippen molar-refractivity contribution in [2.24, 2.45) is 11.3 Å². The first kappa shape index (κ1) is 45.3. The van der Waals surface area contributed by atoms with Crippen LogP contribution in [0.1, 0.15) is 75.9 Å². The van der Waals surface area contributed by atoms with Crippen molar-refractivity contribution in [3.63, 3.8) is 0 Å². The van der Waals surface area contributed by atoms with Gasteiger partial charge in [0.05, 0.1) is 37.2 Å². The van der Waals surface area contributed by atoms with E-state index in [1.807, 2.05) is 133 Å². The summed E-state index contributed by atoms with van der Waals surface area (Å²) in [6.45, 7) is 12.6. The highest BCUT2D eigenvalue weighted by molar-refractivity contribution is 5.89. The van der Waals surface area contributed by atoms with Gasteiger partial charge in [0.25, 0.3) is 0 Å². The Kier molecular flexibility index (Phi) is 15.8. The van der Waals surface area contributed by atoms with E-state index in [1.54, 1.807) is 16.0 Å². The summed E-state index contributed by atoms with van der Waals surface area (Å²) in [5.74, 6) is -1.40. The summed E-state index contributed by atoms with van der Waals surface area (Å²) in [5, 5.41) is 21.0. The number of rotatable bonds is 18. The molecule has 6 unspecified atom stereocenters. The number of aliphatic hydroxyl groups is 1. The van der Waals surface area contributed by atoms with Crippen LogP contribution in [0.15, 0.2) is 97.2 Å². The molecule has 4 N–H and O–H groups in total. The quantitative estimate of drug-likeness (QED) is 0.0915. The zero-order chi connectivity index (χ0) is 43.4. The molecule has 13 nitrogen and oxygen atoms in total. The Morgan fingerprint density at radius 2 is 1.62 bits per heavy atom. The van der Waals surface area contributed by atoms with E-state index >= 15 is 0 Å². The first-order valence-corrected chi connectivity index (χ1v) is 20.8. The second-order valence-corrected chi connectivity index (χ2v) is 16.7. The van der Waals surface area contributed by atoms with E-state index in [1.165, 1.54) is 7.11 Å². The summed E-state index contributed by atoms with van der Waals surface area (Å²) in [5.41, 5.74) is 4.71. The number of carbonyl (C=O) groups excluding carboxylic acids is 4. The highest BCUT2D eigenvalue weighted by atomic mass is 16.5. The number of hydrogen-bond donors (Lipinski definition) is 4. The Hall–Kier alpha value is -5.82. The van der Waals surface area contributed by atoms with Crippen LogP contribution in [-0.2, 0) is 27.3 Å². The third kappa shape index (κ3) is 11.9. The van der Waals surface area contributed by atoms with Crippen LogP contribution in [0.2, 0.25) is 0 Å². The second-order valence-electron chi connectivity index (χ2n) is 16.7. The van der Waals surface area contributed by atoms with Gasteiger partial charge < -0.3 is 35.6 Å². The van der Waals surface area contributed by atoms with Gasteiger partial charge in [-0.3, -0.25) is 19.6 Å². The molecule has 4 aromatic rings. The molecule has 3 heterocycles. The predicted octanol–water partition coefficient (Wildman–Crippen LogP) is 6.25. The largest absolute Gasteiger partial charge is 0.453 e. The molecule has 0 spiro atoms. The summed E-state index contributed by atoms with van der Waals surface area (Å²) in [6, 6.07) is 26.6. The lowest BCUT2D eigenvalue weighted by Crippen LogP contribution is -2.57. The number of carbonyl (C=O) groups is 4. The molecule has 6 atom stereocenters. The van der Waals surface area contributed by atoms with Gasteiger partial charge in [0, 0.05) is 43.0 Å². The summed E-state index contributed by atoms with van der Waals surface area (Å²) in [4.78, 5) is 66.9. The zero-order valence-electron chi connectivity index (χ0n) is 35.9. The molecule has 1 aliphatic rings. The van der Waals surface area contributed by atoms with Crippen molar-refractivity contribution >= 4 is 23.9 Å². The number of nitrogens with zero attached hydrogens (tertiary/aromatic N) is 4. The SMILES string of the molecule is CCC(C)C(C(=O)NC(C(O)CCNC(=O)C(NC(=O)OC)C(C)(C)C)C(Cc1ccc(-c2ccccn2)cc1)c1ccccc1)N1CCN(Cc2cccc(C)n2)C1=O. The number of aromatic nitrogens is 2. The summed E-state index contributed by atoms with van der Waals surface area (Å²) < 4.78 is 4.76. The fourth-order valence-electron chi connectivity index (χ4n) is 7.76. The van der Waals surface area contributed by atoms with Crippen LogP contribution < -0.4 is 16.0 Å². The molecule has 1 saturated heterocycles. The molecule has 5 rings (SSSR count). The maximum Gasteiger partial charge on any atom is 0.407 e. The van der Waals surface area contributed by atoms with Gasteiger partial charge >= 0.3 is 12.1 Å². The van der Waals surface area contributed by atoms with Gasteiger partial charge in [0.15, 0.2) is 0 Å². The smallest absolute Gasteiger partial charge is 0.407 e. The lowest BCUT2D eigenvalue weighted by molar-refractivity contribution is -0.129. The van der Waals surface area contributed by atoms with Gasteiger partial charge in [-0.05, 0) is 66.5 Å². The Morgan fingerprint density at radius 1 is 0.900 bits per heavy atom. The number of methoxy groups -OCH3 is 1. The normalized spacial score (nSPS) is 16.0. The lowest BCUT2D eigenvalue weighted by atomic mass is 9.82. The fourth-order valence-corrected chi connectivity index (χ4v) is 7.76. The van der Waals surface area contributed by atoms with Crippen LogP contribution in [0.4, 0.5) is 9.59 Å². The number of amides is 5. The average Bonchev–Trinajstić information content (AvgIpc) is 3.59. The Morgan fingerprint density at radius 3 is 2.25 bits per heavy atom. The van der Waals surface area contributed by atoms with Crippen LogP contribution in [-0.4, -0.2) is 99.8 Å². The Labute approximate surface area is 354 Å². The van der Waals surface area contributed by atoms with E-state index in [0.717, 1.165) is 33.8 Å². The number of aryl methyl sites for hydroxylation is 1. The van der Waals surface area contributed by atoms with Crippen molar-refractivity contribution in [2.45, 2.75) is 97.5 Å². The number of ether oxygens (including phenoxy) is 1. The number of alkyl carbamates (subject to hydrolysis) is 1. The van der Waals surface area contributed by atoms with E-state index < -0.39 is 47.6 Å². The molecule has 0 radical (unpaired) electrons. The molecular formula is C47H61N7O6. The standard InChI is InChI=1S/C47H61N7O6/c1-8-31(2)41(54-28-27-53(46(54)59)30-36-18-14-15-32(3)50-36)43(56)51-40(39(55)24-26-49-44(57)42(47(4,5)6)52-45(58)60-7)37(34-16-10-9-11-17-34)29-33-20-22-35(23-21-33)38-19-12-13-25-48-38/h9-23,25,31,37,39-42,55H,8,24,26-30H2,1-7H3,(H,49,57)(H,51,56)(H,52,58). The highest BCUT2D eigenvalue weighted by Crippen LogP contribution is 2.30. The van der Waals surface area contributed by atoms with Crippen LogP contribution in [0, 0.1) is 18.3 Å². The molecular weight excluding hydrogens is 759 g/mol. The van der Waals surface area contributed by atoms with Crippen molar-refractivity contribution < 1.29 is 29.0 Å². The van der Waals surface area contributed by atoms with Crippen molar-refractivity contribution in [3.8, 4) is 11.3 Å². The van der Waals surface area contributed by atoms with Crippen molar-refractivity contribution in [1.82, 2.24) is 35.7 Å². The third-order valence-electron chi connectivity index (χ3n) is 11.3. The molecule has 0 saturated carbocycles. The molecule has 0 bridgehead atoms. The molecule has 320 valence electrons. The second kappa shape index (κ2) is 20.9. The van der Waals surface area contributed by atoms with Crippen molar-refractivity contribution in [3.05, 3.63) is 120 Å². The maximum atomic E-state index is 14.8. The first-order chi connectivity index (χ1) is 28.7. The molecule has 5 amide bonds. The maximum absolute atomic E-state index is 14.8. The van der Waals surface area contributed by atoms with Gasteiger partial charge in [-0.1, -0.05) is 108 Å². The van der Waals surface area contributed by atoms with Crippen molar-refractivity contribution in [2.75, 3.05) is 26.7 Å². The van der Waals surface area contributed by atoms with Crippen molar-refractivity contribution in [1.29, 1.82) is 0 Å². The molecule has 13 heteroatoms. The number of urea groups is 1. The predicted molar refractivity (Wildman–Crippen MR) is 232 cm³/mol. The zero-order valence-corrected chi connectivity index (χ0v) is 35.9. The highest BCUT2D eigenvalue weighted by Gasteiger charge is 2.42. The molecule has 2 aromatic heterocycles. The number of aliphatic hydroxyl groups excluding tert-OH is 1. The summed E-state index contributed by atoms with van der Waals surface area (Å²) in [6.07, 6.45) is 1.08. The van der Waals surface area contributed by atoms with E-state index in [0.29, 0.717) is 32.5 Å². The van der Waals surface area contributed by atoms with Gasteiger partial charge in [-0.25, -0.2) is 9.59 Å². The molecule has 1 aliphatic heterocycles. The summed E-state index contributed by atoms with van der Waals surface area (Å²) in [7, 11) is 1.24. The number of pyridine rings is 2. The fraction of sp³-hybridized carbons (Fsp3) is 0.447. The van der Waals surface area contributed by atoms with E-state index in [2.05, 4.69) is 25.9 Å². The van der Waals surface area contributed by atoms with Gasteiger partial charge in [0.1, 0.15) is 12.1 Å². The number of hydrogen-bond acceptors (Lipinski definition) is 8. The topological polar surface area (TPSA) is 166 Å². The van der Waals surface area contributed by atoms with Crippen LogP contribution >= 0.6 is 0 Å². The molecule has 1 fully saturated rings. The van der Waals surface area contributed by atoms with E-state index in [-0.39, 0.29) is 30.8 Å². The van der Waals surface area contributed by atoms with Gasteiger partial charge in [-0.2, -0.15) is 0 Å². The van der Waals surface area contributed by atoms with Crippen LogP contribution in [0.25, 0.3) is 11.3 Å². The monoisotopic (exact) mass is 819 g/mol. The minimum Gasteiger partial charge on any atom is -0.453 e. The average molecular weight is 820 g/mol. The van der Waals surface area contributed by atoms with Gasteiger partial charge in [-0.15, -0.1) is 0 Å². The Balaban J connectivity index is 1.44. The van der Waals surface area contributed by atoms with Crippen LogP contribution in [0.5, 0.6) is 0 Å². The molecule has 0 aliphatic carbocycles. The lowest BCUT2D eigenvalue weighted by Gasteiger charge is -2.37.